The zero-order valence-electron chi connectivity index (χ0n) is 12.2. The Hall–Kier alpha value is -1.33. The van der Waals surface area contributed by atoms with Crippen molar-refractivity contribution in [1.29, 1.82) is 0 Å². The van der Waals surface area contributed by atoms with Crippen molar-refractivity contribution in [2.45, 2.75) is 37.9 Å². The van der Waals surface area contributed by atoms with Crippen molar-refractivity contribution in [2.24, 2.45) is 0 Å². The number of nitrogens with zero attached hydrogens (tertiary/aromatic N) is 3. The van der Waals surface area contributed by atoms with Gasteiger partial charge in [-0.25, -0.2) is 0 Å². The number of likely N-dealkylation sites (tertiary alicyclic amines) is 1. The maximum absolute atomic E-state index is 11.8. The molecule has 0 spiro atoms. The van der Waals surface area contributed by atoms with Crippen molar-refractivity contribution in [3.05, 3.63) is 28.7 Å². The number of nitrogen functional groups attached to an aromatic ring is 1. The van der Waals surface area contributed by atoms with Crippen LogP contribution in [0.1, 0.15) is 19.3 Å². The van der Waals surface area contributed by atoms with Crippen molar-refractivity contribution in [2.75, 3.05) is 32.4 Å². The molecule has 2 N–H and O–H groups in total. The third-order valence-electron chi connectivity index (χ3n) is 4.90. The van der Waals surface area contributed by atoms with E-state index >= 15 is 0 Å². The van der Waals surface area contributed by atoms with Gasteiger partial charge in [-0.15, -0.1) is 0 Å². The highest BCUT2D eigenvalue weighted by molar-refractivity contribution is 5.33. The highest BCUT2D eigenvalue weighted by Crippen LogP contribution is 2.28. The summed E-state index contributed by atoms with van der Waals surface area (Å²) in [6, 6.07) is 4.67. The number of likely N-dealkylation sites (N-methyl/N-ethyl adjacent to an activating group) is 1. The molecule has 2 bridgehead atoms. The van der Waals surface area contributed by atoms with Crippen molar-refractivity contribution in [3.63, 3.8) is 0 Å². The van der Waals surface area contributed by atoms with Gasteiger partial charge in [-0.1, -0.05) is 0 Å². The van der Waals surface area contributed by atoms with Gasteiger partial charge in [0.25, 0.3) is 5.56 Å². The first-order valence-electron chi connectivity index (χ1n) is 7.54. The molecule has 0 amide bonds. The van der Waals surface area contributed by atoms with Crippen LogP contribution in [0.15, 0.2) is 23.1 Å². The second-order valence-electron chi connectivity index (χ2n) is 6.13. The van der Waals surface area contributed by atoms with E-state index < -0.39 is 0 Å². The number of aromatic nitrogens is 1. The molecule has 1 aromatic rings. The largest absolute Gasteiger partial charge is 0.398 e. The number of hydrogen-bond acceptors (Lipinski definition) is 4. The van der Waals surface area contributed by atoms with Gasteiger partial charge >= 0.3 is 0 Å². The van der Waals surface area contributed by atoms with Crippen LogP contribution in [0.4, 0.5) is 5.69 Å². The van der Waals surface area contributed by atoms with Crippen LogP contribution in [0.3, 0.4) is 0 Å². The van der Waals surface area contributed by atoms with E-state index in [-0.39, 0.29) is 5.56 Å². The minimum atomic E-state index is 0.0349. The SMILES string of the molecule is CN1C2CCC1CN(CCn1cc(N)ccc1=O)CC2. The lowest BCUT2D eigenvalue weighted by molar-refractivity contribution is 0.214. The van der Waals surface area contributed by atoms with Gasteiger partial charge in [0.05, 0.1) is 0 Å². The zero-order chi connectivity index (χ0) is 14.1. The summed E-state index contributed by atoms with van der Waals surface area (Å²) in [7, 11) is 2.26. The second-order valence-corrected chi connectivity index (χ2v) is 6.13. The smallest absolute Gasteiger partial charge is 0.250 e. The van der Waals surface area contributed by atoms with Gasteiger partial charge in [0.1, 0.15) is 0 Å². The van der Waals surface area contributed by atoms with Crippen molar-refractivity contribution in [3.8, 4) is 0 Å². The number of anilines is 1. The van der Waals surface area contributed by atoms with Crippen LogP contribution < -0.4 is 11.3 Å². The Kier molecular flexibility index (Phi) is 3.81. The van der Waals surface area contributed by atoms with Crippen LogP contribution in [0.2, 0.25) is 0 Å². The van der Waals surface area contributed by atoms with E-state index in [2.05, 4.69) is 16.8 Å². The Balaban J connectivity index is 1.61. The van der Waals surface area contributed by atoms with E-state index in [1.54, 1.807) is 22.9 Å². The molecule has 1 aromatic heterocycles. The molecule has 5 heteroatoms. The minimum absolute atomic E-state index is 0.0349. The van der Waals surface area contributed by atoms with Gasteiger partial charge in [-0.2, -0.15) is 0 Å². The van der Waals surface area contributed by atoms with Crippen molar-refractivity contribution >= 4 is 5.69 Å². The normalized spacial score (nSPS) is 27.6. The highest BCUT2D eigenvalue weighted by Gasteiger charge is 2.34. The van der Waals surface area contributed by atoms with E-state index in [0.717, 1.165) is 32.2 Å². The van der Waals surface area contributed by atoms with Crippen LogP contribution in [0.25, 0.3) is 0 Å². The van der Waals surface area contributed by atoms with E-state index in [4.69, 9.17) is 5.73 Å². The summed E-state index contributed by atoms with van der Waals surface area (Å²) in [4.78, 5) is 16.8. The number of nitrogens with two attached hydrogens (primary N) is 1. The fraction of sp³-hybridized carbons (Fsp3) is 0.667. The molecule has 3 rings (SSSR count). The molecule has 0 aromatic carbocycles. The standard InChI is InChI=1S/C15H24N4O/c1-17-13-3-4-14(17)11-18(7-6-13)8-9-19-10-12(16)2-5-15(19)20/h2,5,10,13-14H,3-4,6-9,11,16H2,1H3. The quantitative estimate of drug-likeness (QED) is 0.878. The van der Waals surface area contributed by atoms with Gasteiger partial charge < -0.3 is 10.3 Å². The summed E-state index contributed by atoms with van der Waals surface area (Å²) in [5.74, 6) is 0. The Bertz CT molecular complexity index is 527. The molecule has 0 aliphatic carbocycles. The van der Waals surface area contributed by atoms with Crippen molar-refractivity contribution < 1.29 is 0 Å². The lowest BCUT2D eigenvalue weighted by Gasteiger charge is -2.25. The van der Waals surface area contributed by atoms with Crippen LogP contribution in [-0.4, -0.2) is 53.1 Å². The molecule has 0 radical (unpaired) electrons. The van der Waals surface area contributed by atoms with Crippen molar-refractivity contribution in [1.82, 2.24) is 14.4 Å². The summed E-state index contributed by atoms with van der Waals surface area (Å²) in [5.41, 5.74) is 6.44. The first-order valence-corrected chi connectivity index (χ1v) is 7.54. The predicted octanol–water partition coefficient (Wildman–Crippen LogP) is 0.599. The molecule has 2 atom stereocenters. The molecule has 2 fully saturated rings. The molecule has 2 saturated heterocycles. The highest BCUT2D eigenvalue weighted by atomic mass is 16.1. The molecule has 5 nitrogen and oxygen atoms in total. The van der Waals surface area contributed by atoms with E-state index in [0.29, 0.717) is 11.7 Å². The van der Waals surface area contributed by atoms with Crippen LogP contribution in [0.5, 0.6) is 0 Å². The average molecular weight is 276 g/mol. The second kappa shape index (κ2) is 5.58. The Morgan fingerprint density at radius 3 is 2.85 bits per heavy atom. The van der Waals surface area contributed by atoms with E-state index in [1.807, 2.05) is 0 Å². The van der Waals surface area contributed by atoms with Crippen LogP contribution >= 0.6 is 0 Å². The Labute approximate surface area is 120 Å². The zero-order valence-corrected chi connectivity index (χ0v) is 12.2. The lowest BCUT2D eigenvalue weighted by Crippen LogP contribution is -2.38. The summed E-state index contributed by atoms with van der Waals surface area (Å²) < 4.78 is 1.72. The fourth-order valence-electron chi connectivity index (χ4n) is 3.56. The monoisotopic (exact) mass is 276 g/mol. The number of rotatable bonds is 3. The molecule has 2 aliphatic heterocycles. The van der Waals surface area contributed by atoms with Gasteiger partial charge in [0, 0.05) is 49.7 Å². The summed E-state index contributed by atoms with van der Waals surface area (Å²) in [6.07, 6.45) is 5.66. The number of hydrogen-bond donors (Lipinski definition) is 1. The molecule has 2 aliphatic rings. The number of fused-ring (bicyclic) bond motifs is 2. The first-order chi connectivity index (χ1) is 9.63. The summed E-state index contributed by atoms with van der Waals surface area (Å²) >= 11 is 0. The molecule has 110 valence electrons. The summed E-state index contributed by atoms with van der Waals surface area (Å²) in [6.45, 7) is 3.93. The number of pyridine rings is 1. The topological polar surface area (TPSA) is 54.5 Å². The van der Waals surface area contributed by atoms with Crippen LogP contribution in [-0.2, 0) is 6.54 Å². The van der Waals surface area contributed by atoms with Gasteiger partial charge in [-0.3, -0.25) is 14.6 Å². The third-order valence-corrected chi connectivity index (χ3v) is 4.90. The molecular weight excluding hydrogens is 252 g/mol. The first kappa shape index (κ1) is 13.6. The molecule has 2 unspecified atom stereocenters. The lowest BCUT2D eigenvalue weighted by atomic mass is 10.1. The van der Waals surface area contributed by atoms with Gasteiger partial charge in [0.2, 0.25) is 0 Å². The summed E-state index contributed by atoms with van der Waals surface area (Å²) in [5, 5.41) is 0. The maximum Gasteiger partial charge on any atom is 0.250 e. The molecular formula is C15H24N4O. The predicted molar refractivity (Wildman–Crippen MR) is 80.7 cm³/mol. The molecule has 3 heterocycles. The third kappa shape index (κ3) is 2.74. The van der Waals surface area contributed by atoms with E-state index in [9.17, 15) is 4.79 Å². The van der Waals surface area contributed by atoms with E-state index in [1.165, 1.54) is 19.3 Å². The average Bonchev–Trinajstić information content (AvgIpc) is 2.66. The van der Waals surface area contributed by atoms with Gasteiger partial charge in [0.15, 0.2) is 0 Å². The molecule has 0 saturated carbocycles. The van der Waals surface area contributed by atoms with Crippen LogP contribution in [0, 0.1) is 0 Å². The fourth-order valence-corrected chi connectivity index (χ4v) is 3.56. The minimum Gasteiger partial charge on any atom is -0.398 e. The Morgan fingerprint density at radius 1 is 1.20 bits per heavy atom. The van der Waals surface area contributed by atoms with Gasteiger partial charge in [-0.05, 0) is 38.9 Å². The maximum atomic E-state index is 11.8. The Morgan fingerprint density at radius 2 is 2.00 bits per heavy atom. The molecule has 20 heavy (non-hydrogen) atoms.